The fraction of sp³-hybridized carbons (Fsp3) is 0.0952. The van der Waals surface area contributed by atoms with Crippen molar-refractivity contribution in [3.63, 3.8) is 0 Å². The van der Waals surface area contributed by atoms with Crippen LogP contribution in [0, 0.1) is 0 Å². The predicted octanol–water partition coefficient (Wildman–Crippen LogP) is 5.13. The van der Waals surface area contributed by atoms with Crippen LogP contribution in [0.3, 0.4) is 0 Å². The third-order valence-electron chi connectivity index (χ3n) is 3.80. The number of carbonyl (C=O) groups is 1. The Morgan fingerprint density at radius 1 is 0.846 bits per heavy atom. The minimum atomic E-state index is -0.200. The van der Waals surface area contributed by atoms with Gasteiger partial charge in [-0.05, 0) is 27.1 Å². The van der Waals surface area contributed by atoms with Gasteiger partial charge in [-0.25, -0.2) is 0 Å². The molecule has 1 N–H and O–H groups in total. The first-order chi connectivity index (χ1) is 12.7. The van der Waals surface area contributed by atoms with Gasteiger partial charge in [-0.15, -0.1) is 0 Å². The summed E-state index contributed by atoms with van der Waals surface area (Å²) in [6.45, 7) is 0.609. The van der Waals surface area contributed by atoms with Gasteiger partial charge in [-0.2, -0.15) is 0 Å². The Morgan fingerprint density at radius 3 is 1.85 bits per heavy atom. The third-order valence-corrected chi connectivity index (χ3v) is 4.57. The zero-order chi connectivity index (χ0) is 18.4. The lowest BCUT2D eigenvalue weighted by Gasteiger charge is -2.15. The fourth-order valence-electron chi connectivity index (χ4n) is 2.42. The molecule has 0 atom stereocenters. The van der Waals surface area contributed by atoms with Crippen molar-refractivity contribution >= 4 is 22.2 Å². The number of phenolic OH excluding ortho intramolecular Hbond substituents is 1. The van der Waals surface area contributed by atoms with Gasteiger partial charge >= 0.3 is 0 Å². The van der Waals surface area contributed by atoms with Gasteiger partial charge < -0.3 is 14.6 Å². The highest BCUT2D eigenvalue weighted by Crippen LogP contribution is 2.42. The van der Waals surface area contributed by atoms with Crippen molar-refractivity contribution in [3.8, 4) is 17.2 Å². The van der Waals surface area contributed by atoms with E-state index in [0.29, 0.717) is 23.1 Å². The molecular formula is C21H17BrO4. The quantitative estimate of drug-likeness (QED) is 0.546. The van der Waals surface area contributed by atoms with Crippen LogP contribution in [0.2, 0.25) is 0 Å². The first kappa shape index (κ1) is 18.0. The van der Waals surface area contributed by atoms with E-state index in [4.69, 9.17) is 9.47 Å². The van der Waals surface area contributed by atoms with Crippen molar-refractivity contribution in [3.05, 3.63) is 87.9 Å². The summed E-state index contributed by atoms with van der Waals surface area (Å²) >= 11 is 3.29. The molecule has 0 aliphatic heterocycles. The summed E-state index contributed by atoms with van der Waals surface area (Å²) < 4.78 is 11.9. The Morgan fingerprint density at radius 2 is 1.35 bits per heavy atom. The maximum Gasteiger partial charge on any atom is 0.157 e. The molecule has 0 heterocycles. The second-order valence-corrected chi connectivity index (χ2v) is 6.41. The molecule has 0 saturated carbocycles. The van der Waals surface area contributed by atoms with E-state index in [9.17, 15) is 9.90 Å². The molecule has 0 amide bonds. The number of benzene rings is 3. The largest absolute Gasteiger partial charge is 0.506 e. The van der Waals surface area contributed by atoms with Crippen molar-refractivity contribution in [2.45, 2.75) is 13.2 Å². The van der Waals surface area contributed by atoms with Gasteiger partial charge in [0.25, 0.3) is 0 Å². The van der Waals surface area contributed by atoms with Gasteiger partial charge in [0.15, 0.2) is 6.29 Å². The van der Waals surface area contributed by atoms with Crippen LogP contribution < -0.4 is 9.47 Å². The minimum Gasteiger partial charge on any atom is -0.506 e. The van der Waals surface area contributed by atoms with E-state index in [-0.39, 0.29) is 23.7 Å². The molecule has 0 bridgehead atoms. The molecule has 0 aliphatic rings. The van der Waals surface area contributed by atoms with Gasteiger partial charge in [0.2, 0.25) is 0 Å². The van der Waals surface area contributed by atoms with E-state index in [2.05, 4.69) is 15.9 Å². The lowest BCUT2D eigenvalue weighted by Crippen LogP contribution is -2.01. The Bertz CT molecular complexity index is 880. The first-order valence-electron chi connectivity index (χ1n) is 8.03. The standard InChI is InChI=1S/C21H17BrO4/c22-20-19(26-14-16-9-5-2-6-10-16)11-18(17(12-23)21(20)24)25-13-15-7-3-1-4-8-15/h1-12,24H,13-14H2. The second-order valence-electron chi connectivity index (χ2n) is 5.62. The number of halogens is 1. The van der Waals surface area contributed by atoms with Crippen LogP contribution in [0.5, 0.6) is 17.2 Å². The zero-order valence-electron chi connectivity index (χ0n) is 13.9. The highest BCUT2D eigenvalue weighted by molar-refractivity contribution is 9.10. The van der Waals surface area contributed by atoms with E-state index in [0.717, 1.165) is 11.1 Å². The molecule has 3 aromatic rings. The van der Waals surface area contributed by atoms with Gasteiger partial charge in [0.1, 0.15) is 34.9 Å². The molecule has 0 aliphatic carbocycles. The second kappa shape index (κ2) is 8.54. The van der Waals surface area contributed by atoms with E-state index in [1.165, 1.54) is 0 Å². The van der Waals surface area contributed by atoms with Gasteiger partial charge in [-0.1, -0.05) is 60.7 Å². The van der Waals surface area contributed by atoms with Crippen LogP contribution in [-0.2, 0) is 13.2 Å². The van der Waals surface area contributed by atoms with Crippen molar-refractivity contribution in [1.82, 2.24) is 0 Å². The number of rotatable bonds is 7. The topological polar surface area (TPSA) is 55.8 Å². The van der Waals surface area contributed by atoms with Crippen molar-refractivity contribution in [1.29, 1.82) is 0 Å². The molecule has 0 unspecified atom stereocenters. The molecular weight excluding hydrogens is 396 g/mol. The van der Waals surface area contributed by atoms with Crippen molar-refractivity contribution < 1.29 is 19.4 Å². The predicted molar refractivity (Wildman–Crippen MR) is 103 cm³/mol. The summed E-state index contributed by atoms with van der Waals surface area (Å²) in [5.74, 6) is 0.473. The summed E-state index contributed by atoms with van der Waals surface area (Å²) in [5, 5.41) is 10.3. The van der Waals surface area contributed by atoms with Crippen LogP contribution in [0.4, 0.5) is 0 Å². The maximum absolute atomic E-state index is 11.4. The lowest BCUT2D eigenvalue weighted by molar-refractivity contribution is 0.111. The monoisotopic (exact) mass is 412 g/mol. The van der Waals surface area contributed by atoms with E-state index in [1.54, 1.807) is 6.07 Å². The number of hydrogen-bond acceptors (Lipinski definition) is 4. The lowest BCUT2D eigenvalue weighted by atomic mass is 10.1. The third kappa shape index (κ3) is 4.24. The highest BCUT2D eigenvalue weighted by atomic mass is 79.9. The summed E-state index contributed by atoms with van der Waals surface area (Å²) in [6, 6.07) is 20.9. The van der Waals surface area contributed by atoms with Crippen LogP contribution in [0.1, 0.15) is 21.5 Å². The number of aldehydes is 1. The molecule has 132 valence electrons. The number of phenols is 1. The fourth-order valence-corrected chi connectivity index (χ4v) is 2.86. The van der Waals surface area contributed by atoms with Crippen molar-refractivity contribution in [2.75, 3.05) is 0 Å². The summed E-state index contributed by atoms with van der Waals surface area (Å²) in [7, 11) is 0. The van der Waals surface area contributed by atoms with Crippen LogP contribution in [0.15, 0.2) is 71.2 Å². The van der Waals surface area contributed by atoms with E-state index >= 15 is 0 Å². The number of ether oxygens (including phenoxy) is 2. The van der Waals surface area contributed by atoms with Crippen LogP contribution >= 0.6 is 15.9 Å². The Hall–Kier alpha value is -2.79. The Labute approximate surface area is 160 Å². The maximum atomic E-state index is 11.4. The highest BCUT2D eigenvalue weighted by Gasteiger charge is 2.18. The summed E-state index contributed by atoms with van der Waals surface area (Å²) in [5.41, 5.74) is 2.03. The van der Waals surface area contributed by atoms with Gasteiger partial charge in [0.05, 0.1) is 5.56 Å². The molecule has 0 saturated heterocycles. The SMILES string of the molecule is O=Cc1c(OCc2ccccc2)cc(OCc2ccccc2)c(Br)c1O. The Balaban J connectivity index is 1.83. The average Bonchev–Trinajstić information content (AvgIpc) is 2.69. The normalized spacial score (nSPS) is 10.3. The van der Waals surface area contributed by atoms with E-state index < -0.39 is 0 Å². The van der Waals surface area contributed by atoms with Gasteiger partial charge in [0, 0.05) is 6.07 Å². The minimum absolute atomic E-state index is 0.0832. The smallest absolute Gasteiger partial charge is 0.157 e. The van der Waals surface area contributed by atoms with Gasteiger partial charge in [-0.3, -0.25) is 4.79 Å². The molecule has 0 aromatic heterocycles. The summed E-state index contributed by atoms with van der Waals surface area (Å²) in [6.07, 6.45) is 0.571. The molecule has 5 heteroatoms. The molecule has 4 nitrogen and oxygen atoms in total. The first-order valence-corrected chi connectivity index (χ1v) is 8.82. The Kier molecular flexibility index (Phi) is 5.92. The van der Waals surface area contributed by atoms with E-state index in [1.807, 2.05) is 60.7 Å². The van der Waals surface area contributed by atoms with Crippen molar-refractivity contribution in [2.24, 2.45) is 0 Å². The molecule has 3 aromatic carbocycles. The molecule has 0 radical (unpaired) electrons. The average molecular weight is 413 g/mol. The number of carbonyl (C=O) groups excluding carboxylic acids is 1. The summed E-state index contributed by atoms with van der Waals surface area (Å²) in [4.78, 5) is 11.4. The molecule has 0 fully saturated rings. The number of hydrogen-bond donors (Lipinski definition) is 1. The molecule has 26 heavy (non-hydrogen) atoms. The molecule has 3 rings (SSSR count). The number of aromatic hydroxyl groups is 1. The zero-order valence-corrected chi connectivity index (χ0v) is 15.5. The molecule has 0 spiro atoms. The van der Waals surface area contributed by atoms with Crippen LogP contribution in [0.25, 0.3) is 0 Å². The van der Waals surface area contributed by atoms with Crippen LogP contribution in [-0.4, -0.2) is 11.4 Å².